The molecule has 0 radical (unpaired) electrons. The lowest BCUT2D eigenvalue weighted by Crippen LogP contribution is -2.05. The van der Waals surface area contributed by atoms with Crippen LogP contribution in [0.5, 0.6) is 0 Å². The van der Waals surface area contributed by atoms with Gasteiger partial charge in [0.2, 0.25) is 5.95 Å². The van der Waals surface area contributed by atoms with Crippen LogP contribution in [0.1, 0.15) is 11.4 Å². The third-order valence-electron chi connectivity index (χ3n) is 3.09. The Kier molecular flexibility index (Phi) is 4.00. The second-order valence-corrected chi connectivity index (χ2v) is 4.80. The van der Waals surface area contributed by atoms with Gasteiger partial charge in [-0.3, -0.25) is 9.97 Å². The maximum Gasteiger partial charge on any atom is 0.222 e. The molecule has 0 aliphatic heterocycles. The largest absolute Gasteiger partial charge is 0.349 e. The van der Waals surface area contributed by atoms with Crippen molar-refractivity contribution in [3.8, 4) is 11.1 Å². The van der Waals surface area contributed by atoms with E-state index in [0.717, 1.165) is 22.5 Å². The highest BCUT2D eigenvalue weighted by Crippen LogP contribution is 2.18. The number of anilines is 1. The van der Waals surface area contributed by atoms with Crippen LogP contribution >= 0.6 is 0 Å². The predicted octanol–water partition coefficient (Wildman–Crippen LogP) is 2.99. The highest BCUT2D eigenvalue weighted by Gasteiger charge is 2.02. The Labute approximate surface area is 127 Å². The summed E-state index contributed by atoms with van der Waals surface area (Å²) in [4.78, 5) is 16.9. The standard InChI is InChI=1S/C16H14FN5/c1-11-6-19-15(9-18-11)10-22-16-20-7-13(8-21-16)12-2-4-14(17)5-3-12/h2-9H,10H2,1H3,(H,20,21,22). The Balaban J connectivity index is 1.66. The van der Waals surface area contributed by atoms with Crippen LogP contribution in [-0.2, 0) is 6.54 Å². The molecule has 3 aromatic rings. The molecule has 0 spiro atoms. The van der Waals surface area contributed by atoms with Gasteiger partial charge in [-0.15, -0.1) is 0 Å². The van der Waals surface area contributed by atoms with Crippen LogP contribution in [0.4, 0.5) is 10.3 Å². The van der Waals surface area contributed by atoms with Gasteiger partial charge in [0.15, 0.2) is 0 Å². The number of aryl methyl sites for hydroxylation is 1. The second-order valence-electron chi connectivity index (χ2n) is 4.80. The molecule has 1 N–H and O–H groups in total. The Bertz CT molecular complexity index is 739. The molecule has 2 heterocycles. The Morgan fingerprint density at radius 1 is 0.864 bits per heavy atom. The van der Waals surface area contributed by atoms with Crippen LogP contribution in [0.25, 0.3) is 11.1 Å². The minimum Gasteiger partial charge on any atom is -0.349 e. The molecule has 0 atom stereocenters. The second kappa shape index (κ2) is 6.26. The molecule has 0 amide bonds. The van der Waals surface area contributed by atoms with Crippen LogP contribution < -0.4 is 5.32 Å². The zero-order valence-corrected chi connectivity index (χ0v) is 12.0. The Morgan fingerprint density at radius 2 is 1.59 bits per heavy atom. The number of hydrogen-bond acceptors (Lipinski definition) is 5. The first-order valence-corrected chi connectivity index (χ1v) is 6.80. The van der Waals surface area contributed by atoms with Crippen molar-refractivity contribution in [2.45, 2.75) is 13.5 Å². The molecular weight excluding hydrogens is 281 g/mol. The smallest absolute Gasteiger partial charge is 0.222 e. The highest BCUT2D eigenvalue weighted by atomic mass is 19.1. The summed E-state index contributed by atoms with van der Waals surface area (Å²) in [7, 11) is 0. The van der Waals surface area contributed by atoms with Crippen LogP contribution in [0, 0.1) is 12.7 Å². The molecule has 0 unspecified atom stereocenters. The van der Waals surface area contributed by atoms with Crippen molar-refractivity contribution in [1.29, 1.82) is 0 Å². The van der Waals surface area contributed by atoms with E-state index in [1.807, 2.05) is 6.92 Å². The van der Waals surface area contributed by atoms with E-state index in [1.54, 1.807) is 36.9 Å². The molecule has 0 aliphatic rings. The Hall–Kier alpha value is -2.89. The van der Waals surface area contributed by atoms with Crippen molar-refractivity contribution >= 4 is 5.95 Å². The van der Waals surface area contributed by atoms with E-state index < -0.39 is 0 Å². The summed E-state index contributed by atoms with van der Waals surface area (Å²) in [6.45, 7) is 2.39. The summed E-state index contributed by atoms with van der Waals surface area (Å²) >= 11 is 0. The normalized spacial score (nSPS) is 10.5. The highest BCUT2D eigenvalue weighted by molar-refractivity contribution is 5.61. The van der Waals surface area contributed by atoms with Crippen LogP contribution in [0.15, 0.2) is 49.1 Å². The lowest BCUT2D eigenvalue weighted by atomic mass is 10.1. The lowest BCUT2D eigenvalue weighted by Gasteiger charge is -2.05. The molecule has 5 nitrogen and oxygen atoms in total. The third-order valence-corrected chi connectivity index (χ3v) is 3.09. The number of nitrogens with zero attached hydrogens (tertiary/aromatic N) is 4. The van der Waals surface area contributed by atoms with Gasteiger partial charge in [0, 0.05) is 24.2 Å². The monoisotopic (exact) mass is 295 g/mol. The molecule has 6 heteroatoms. The van der Waals surface area contributed by atoms with Gasteiger partial charge in [-0.1, -0.05) is 12.1 Å². The SMILES string of the molecule is Cc1cnc(CNc2ncc(-c3ccc(F)cc3)cn2)cn1. The van der Waals surface area contributed by atoms with Crippen molar-refractivity contribution in [2.75, 3.05) is 5.32 Å². The number of nitrogens with one attached hydrogen (secondary N) is 1. The molecule has 22 heavy (non-hydrogen) atoms. The topological polar surface area (TPSA) is 63.6 Å². The fraction of sp³-hybridized carbons (Fsp3) is 0.125. The van der Waals surface area contributed by atoms with E-state index in [-0.39, 0.29) is 5.82 Å². The van der Waals surface area contributed by atoms with Gasteiger partial charge in [-0.2, -0.15) is 0 Å². The number of benzene rings is 1. The molecule has 0 aliphatic carbocycles. The van der Waals surface area contributed by atoms with Crippen molar-refractivity contribution in [2.24, 2.45) is 0 Å². The minimum absolute atomic E-state index is 0.262. The third kappa shape index (κ3) is 3.41. The average molecular weight is 295 g/mol. The molecule has 0 saturated carbocycles. The number of rotatable bonds is 4. The molecule has 1 aromatic carbocycles. The molecular formula is C16H14FN5. The fourth-order valence-corrected chi connectivity index (χ4v) is 1.89. The Morgan fingerprint density at radius 3 is 2.23 bits per heavy atom. The molecule has 3 rings (SSSR count). The predicted molar refractivity (Wildman–Crippen MR) is 81.5 cm³/mol. The van der Waals surface area contributed by atoms with Gasteiger partial charge in [-0.05, 0) is 24.6 Å². The van der Waals surface area contributed by atoms with Crippen molar-refractivity contribution < 1.29 is 4.39 Å². The van der Waals surface area contributed by atoms with Gasteiger partial charge >= 0.3 is 0 Å². The first kappa shape index (κ1) is 14.1. The molecule has 2 aromatic heterocycles. The number of aromatic nitrogens is 4. The molecule has 110 valence electrons. The van der Waals surface area contributed by atoms with Gasteiger partial charge in [0.1, 0.15) is 5.82 Å². The first-order valence-electron chi connectivity index (χ1n) is 6.80. The summed E-state index contributed by atoms with van der Waals surface area (Å²) in [5, 5.41) is 3.08. The van der Waals surface area contributed by atoms with Gasteiger partial charge in [0.25, 0.3) is 0 Å². The van der Waals surface area contributed by atoms with E-state index in [9.17, 15) is 4.39 Å². The minimum atomic E-state index is -0.262. The summed E-state index contributed by atoms with van der Waals surface area (Å²) < 4.78 is 12.9. The van der Waals surface area contributed by atoms with Crippen molar-refractivity contribution in [1.82, 2.24) is 19.9 Å². The van der Waals surface area contributed by atoms with E-state index in [0.29, 0.717) is 12.5 Å². The molecule has 0 fully saturated rings. The zero-order chi connectivity index (χ0) is 15.4. The van der Waals surface area contributed by atoms with Crippen LogP contribution in [0.2, 0.25) is 0 Å². The summed E-state index contributed by atoms with van der Waals surface area (Å²) in [6, 6.07) is 6.22. The lowest BCUT2D eigenvalue weighted by molar-refractivity contribution is 0.628. The number of hydrogen-bond donors (Lipinski definition) is 1. The van der Waals surface area contributed by atoms with Crippen molar-refractivity contribution in [3.05, 3.63) is 66.3 Å². The average Bonchev–Trinajstić information content (AvgIpc) is 2.56. The maximum absolute atomic E-state index is 12.9. The van der Waals surface area contributed by atoms with Gasteiger partial charge in [-0.25, -0.2) is 14.4 Å². The molecule has 0 saturated heterocycles. The van der Waals surface area contributed by atoms with E-state index in [4.69, 9.17) is 0 Å². The van der Waals surface area contributed by atoms with Crippen molar-refractivity contribution in [3.63, 3.8) is 0 Å². The van der Waals surface area contributed by atoms with Crippen LogP contribution in [0.3, 0.4) is 0 Å². The van der Waals surface area contributed by atoms with E-state index in [1.165, 1.54) is 12.1 Å². The molecule has 0 bridgehead atoms. The summed E-state index contributed by atoms with van der Waals surface area (Å²) in [5.41, 5.74) is 3.40. The fourth-order valence-electron chi connectivity index (χ4n) is 1.89. The first-order chi connectivity index (χ1) is 10.7. The quantitative estimate of drug-likeness (QED) is 0.801. The summed E-state index contributed by atoms with van der Waals surface area (Å²) in [6.07, 6.45) is 6.83. The zero-order valence-electron chi connectivity index (χ0n) is 12.0. The van der Waals surface area contributed by atoms with Gasteiger partial charge in [0.05, 0.1) is 24.1 Å². The summed E-state index contributed by atoms with van der Waals surface area (Å²) in [5.74, 6) is 0.246. The number of halogens is 1. The van der Waals surface area contributed by atoms with Crippen LogP contribution in [-0.4, -0.2) is 19.9 Å². The maximum atomic E-state index is 12.9. The van der Waals surface area contributed by atoms with E-state index >= 15 is 0 Å². The van der Waals surface area contributed by atoms with Gasteiger partial charge < -0.3 is 5.32 Å². The van der Waals surface area contributed by atoms with E-state index in [2.05, 4.69) is 25.3 Å².